The minimum atomic E-state index is -4.28. The van der Waals surface area contributed by atoms with Crippen molar-refractivity contribution in [2.75, 3.05) is 40.4 Å². The maximum Gasteiger partial charge on any atom is 0.389 e. The van der Waals surface area contributed by atoms with Gasteiger partial charge in [0.05, 0.1) is 14.2 Å². The van der Waals surface area contributed by atoms with Gasteiger partial charge in [-0.2, -0.15) is 13.2 Å². The lowest BCUT2D eigenvalue weighted by Gasteiger charge is -2.35. The number of benzene rings is 1. The minimum absolute atomic E-state index is 0. The number of hydrogen-bond donors (Lipinski definition) is 1. The van der Waals surface area contributed by atoms with Gasteiger partial charge in [0.2, 0.25) is 0 Å². The molecule has 9 heteroatoms. The Bertz CT molecular complexity index is 552. The molecule has 1 heterocycles. The Morgan fingerprint density at radius 1 is 1.12 bits per heavy atom. The lowest BCUT2D eigenvalue weighted by atomic mass is 9.98. The van der Waals surface area contributed by atoms with Crippen molar-refractivity contribution in [3.63, 3.8) is 0 Å². The summed E-state index contributed by atoms with van der Waals surface area (Å²) in [4.78, 5) is 1.88. The first kappa shape index (κ1) is 21.8. The van der Waals surface area contributed by atoms with Crippen LogP contribution in [0.4, 0.5) is 17.6 Å². The molecule has 1 atom stereocenters. The molecular formula is C16H23ClF4N2O2. The van der Waals surface area contributed by atoms with E-state index in [0.717, 1.165) is 6.07 Å². The molecule has 1 aromatic carbocycles. The molecule has 0 unspecified atom stereocenters. The highest BCUT2D eigenvalue weighted by Gasteiger charge is 2.33. The van der Waals surface area contributed by atoms with Crippen LogP contribution in [0.1, 0.15) is 24.4 Å². The fourth-order valence-corrected chi connectivity index (χ4v) is 2.95. The molecule has 0 aromatic heterocycles. The third-order valence-electron chi connectivity index (χ3n) is 4.16. The number of ether oxygens (including phenoxy) is 2. The number of nitrogens with one attached hydrogen (secondary N) is 1. The molecule has 1 aromatic rings. The molecule has 25 heavy (non-hydrogen) atoms. The van der Waals surface area contributed by atoms with Crippen LogP contribution in [-0.4, -0.2) is 51.5 Å². The molecule has 1 aliphatic rings. The molecule has 1 fully saturated rings. The van der Waals surface area contributed by atoms with E-state index in [1.807, 2.05) is 4.90 Å². The number of halogens is 5. The summed E-state index contributed by atoms with van der Waals surface area (Å²) in [6.45, 7) is 2.46. The zero-order valence-corrected chi connectivity index (χ0v) is 15.0. The molecule has 0 radical (unpaired) electrons. The summed E-state index contributed by atoms with van der Waals surface area (Å²) in [5.41, 5.74) is 0.207. The number of piperazine rings is 1. The summed E-state index contributed by atoms with van der Waals surface area (Å²) in [6.07, 6.45) is -5.44. The molecule has 2 rings (SSSR count). The van der Waals surface area contributed by atoms with E-state index >= 15 is 0 Å². The zero-order chi connectivity index (χ0) is 17.7. The van der Waals surface area contributed by atoms with Crippen molar-refractivity contribution in [1.82, 2.24) is 10.2 Å². The van der Waals surface area contributed by atoms with Crippen LogP contribution in [0.5, 0.6) is 11.5 Å². The number of methoxy groups -OCH3 is 2. The SMILES string of the molecule is COc1cc(F)c([C@@H](CCC(F)(F)F)N2CCNCC2)cc1OC.Cl. The van der Waals surface area contributed by atoms with Gasteiger partial charge in [-0.05, 0) is 12.5 Å². The average molecular weight is 387 g/mol. The summed E-state index contributed by atoms with van der Waals surface area (Å²) >= 11 is 0. The molecular weight excluding hydrogens is 364 g/mol. The Hall–Kier alpha value is -1.25. The standard InChI is InChI=1S/C16H22F4N2O2.ClH/c1-23-14-9-11(12(17)10-15(14)24-2)13(3-4-16(18,19)20)22-7-5-21-6-8-22;/h9-10,13,21H,3-8H2,1-2H3;1H/t13-;/m1./s1. The van der Waals surface area contributed by atoms with Crippen molar-refractivity contribution in [3.8, 4) is 11.5 Å². The van der Waals surface area contributed by atoms with Gasteiger partial charge in [-0.1, -0.05) is 0 Å². The molecule has 0 bridgehead atoms. The van der Waals surface area contributed by atoms with Gasteiger partial charge in [-0.25, -0.2) is 4.39 Å². The van der Waals surface area contributed by atoms with Gasteiger partial charge in [0.25, 0.3) is 0 Å². The first-order valence-corrected chi connectivity index (χ1v) is 7.78. The van der Waals surface area contributed by atoms with E-state index in [1.165, 1.54) is 20.3 Å². The zero-order valence-electron chi connectivity index (χ0n) is 14.2. The van der Waals surface area contributed by atoms with Crippen molar-refractivity contribution >= 4 is 12.4 Å². The predicted molar refractivity (Wildman–Crippen MR) is 89.2 cm³/mol. The van der Waals surface area contributed by atoms with Crippen LogP contribution < -0.4 is 14.8 Å². The highest BCUT2D eigenvalue weighted by molar-refractivity contribution is 5.85. The second kappa shape index (κ2) is 9.45. The van der Waals surface area contributed by atoms with Crippen molar-refractivity contribution in [3.05, 3.63) is 23.5 Å². The maximum atomic E-state index is 14.5. The van der Waals surface area contributed by atoms with E-state index in [9.17, 15) is 17.6 Å². The quantitative estimate of drug-likeness (QED) is 0.758. The summed E-state index contributed by atoms with van der Waals surface area (Å²) in [7, 11) is 2.80. The highest BCUT2D eigenvalue weighted by Crippen LogP contribution is 2.38. The molecule has 1 saturated heterocycles. The largest absolute Gasteiger partial charge is 0.493 e. The van der Waals surface area contributed by atoms with Gasteiger partial charge < -0.3 is 14.8 Å². The monoisotopic (exact) mass is 386 g/mol. The van der Waals surface area contributed by atoms with Gasteiger partial charge in [-0.3, -0.25) is 4.90 Å². The number of alkyl halides is 3. The van der Waals surface area contributed by atoms with Gasteiger partial charge in [0.1, 0.15) is 5.82 Å². The van der Waals surface area contributed by atoms with Crippen molar-refractivity contribution < 1.29 is 27.0 Å². The van der Waals surface area contributed by atoms with E-state index < -0.39 is 24.5 Å². The fourth-order valence-electron chi connectivity index (χ4n) is 2.95. The normalized spacial score (nSPS) is 16.9. The van der Waals surface area contributed by atoms with Crippen LogP contribution in [0, 0.1) is 5.82 Å². The van der Waals surface area contributed by atoms with Crippen LogP contribution >= 0.6 is 12.4 Å². The van der Waals surface area contributed by atoms with Gasteiger partial charge in [-0.15, -0.1) is 12.4 Å². The third-order valence-corrected chi connectivity index (χ3v) is 4.16. The van der Waals surface area contributed by atoms with Gasteiger partial charge in [0, 0.05) is 50.3 Å². The minimum Gasteiger partial charge on any atom is -0.493 e. The summed E-state index contributed by atoms with van der Waals surface area (Å²) in [6, 6.07) is 1.95. The Balaban J connectivity index is 0.00000312. The molecule has 1 N–H and O–H groups in total. The lowest BCUT2D eigenvalue weighted by molar-refractivity contribution is -0.138. The van der Waals surface area contributed by atoms with Crippen LogP contribution in [0.2, 0.25) is 0 Å². The topological polar surface area (TPSA) is 33.7 Å². The molecule has 0 spiro atoms. The third kappa shape index (κ3) is 5.90. The Morgan fingerprint density at radius 2 is 1.68 bits per heavy atom. The van der Waals surface area contributed by atoms with Gasteiger partial charge >= 0.3 is 6.18 Å². The summed E-state index contributed by atoms with van der Waals surface area (Å²) < 4.78 is 62.8. The van der Waals surface area contributed by atoms with E-state index in [2.05, 4.69) is 5.32 Å². The van der Waals surface area contributed by atoms with Crippen LogP contribution in [0.25, 0.3) is 0 Å². The molecule has 144 valence electrons. The molecule has 4 nitrogen and oxygen atoms in total. The van der Waals surface area contributed by atoms with Crippen LogP contribution in [0.15, 0.2) is 12.1 Å². The summed E-state index contributed by atoms with van der Waals surface area (Å²) in [5.74, 6) is -0.0620. The summed E-state index contributed by atoms with van der Waals surface area (Å²) in [5, 5.41) is 3.15. The van der Waals surface area contributed by atoms with Crippen molar-refractivity contribution in [1.29, 1.82) is 0 Å². The smallest absolute Gasteiger partial charge is 0.389 e. The second-order valence-corrected chi connectivity index (χ2v) is 5.68. The van der Waals surface area contributed by atoms with E-state index in [4.69, 9.17) is 9.47 Å². The second-order valence-electron chi connectivity index (χ2n) is 5.68. The van der Waals surface area contributed by atoms with Crippen LogP contribution in [-0.2, 0) is 0 Å². The fraction of sp³-hybridized carbons (Fsp3) is 0.625. The predicted octanol–water partition coefficient (Wildman–Crippen LogP) is 3.55. The Morgan fingerprint density at radius 3 is 2.20 bits per heavy atom. The van der Waals surface area contributed by atoms with Crippen LogP contribution in [0.3, 0.4) is 0 Å². The molecule has 0 aliphatic carbocycles. The van der Waals surface area contributed by atoms with Gasteiger partial charge in [0.15, 0.2) is 11.5 Å². The first-order valence-electron chi connectivity index (χ1n) is 7.78. The van der Waals surface area contributed by atoms with Crippen molar-refractivity contribution in [2.24, 2.45) is 0 Å². The first-order chi connectivity index (χ1) is 11.4. The Labute approximate surface area is 150 Å². The number of hydrogen-bond acceptors (Lipinski definition) is 4. The molecule has 0 amide bonds. The highest BCUT2D eigenvalue weighted by atomic mass is 35.5. The van der Waals surface area contributed by atoms with Crippen molar-refractivity contribution in [2.45, 2.75) is 25.1 Å². The number of rotatable bonds is 6. The van der Waals surface area contributed by atoms with E-state index in [-0.39, 0.29) is 30.1 Å². The van der Waals surface area contributed by atoms with E-state index in [0.29, 0.717) is 31.9 Å². The number of nitrogens with zero attached hydrogens (tertiary/aromatic N) is 1. The Kier molecular flexibility index (Phi) is 8.24. The average Bonchev–Trinajstić information content (AvgIpc) is 2.55. The van der Waals surface area contributed by atoms with E-state index in [1.54, 1.807) is 0 Å². The lowest BCUT2D eigenvalue weighted by Crippen LogP contribution is -2.45. The molecule has 0 saturated carbocycles. The molecule has 1 aliphatic heterocycles. The maximum absolute atomic E-state index is 14.5.